The Bertz CT molecular complexity index is 1670. The normalized spacial score (nSPS) is 13.5. The molecular weight excluding hydrogens is 543 g/mol. The molecule has 7 heteroatoms. The third kappa shape index (κ3) is 5.75. The predicted octanol–water partition coefficient (Wildman–Crippen LogP) is 7.77. The number of fused-ring (bicyclic) bond motifs is 3. The first kappa shape index (κ1) is 30.3. The van der Waals surface area contributed by atoms with Gasteiger partial charge in [0, 0.05) is 54.4 Å². The molecule has 6 rings (SSSR count). The number of aromatic nitrogens is 3. The van der Waals surface area contributed by atoms with Crippen LogP contribution in [0, 0.1) is 5.82 Å². The van der Waals surface area contributed by atoms with Gasteiger partial charge in [0.2, 0.25) is 0 Å². The molecule has 0 saturated heterocycles. The number of nitrogens with one attached hydrogen (secondary N) is 1. The zero-order valence-electron chi connectivity index (χ0n) is 25.3. The molecule has 0 radical (unpaired) electrons. The van der Waals surface area contributed by atoms with E-state index in [0.29, 0.717) is 6.54 Å². The highest BCUT2D eigenvalue weighted by molar-refractivity contribution is 7.97. The zero-order valence-corrected chi connectivity index (χ0v) is 26.2. The largest absolute Gasteiger partial charge is 0.400 e. The first-order valence-electron chi connectivity index (χ1n) is 15.3. The summed E-state index contributed by atoms with van der Waals surface area (Å²) in [6.45, 7) is 5.92. The highest BCUT2D eigenvalue weighted by atomic mass is 32.2. The molecule has 42 heavy (non-hydrogen) atoms. The van der Waals surface area contributed by atoms with Crippen molar-refractivity contribution in [2.45, 2.75) is 71.9 Å². The Labute approximate surface area is 253 Å². The Kier molecular flexibility index (Phi) is 10.0. The summed E-state index contributed by atoms with van der Waals surface area (Å²) in [5, 5.41) is 15.7. The van der Waals surface area contributed by atoms with Gasteiger partial charge in [-0.1, -0.05) is 68.3 Å². The number of nitrogens with zero attached hydrogens (tertiary/aromatic N) is 3. The molecule has 2 aromatic heterocycles. The van der Waals surface area contributed by atoms with Crippen LogP contribution in [0.2, 0.25) is 0 Å². The van der Waals surface area contributed by atoms with Gasteiger partial charge >= 0.3 is 0 Å². The minimum absolute atomic E-state index is 0.146. The summed E-state index contributed by atoms with van der Waals surface area (Å²) in [5.41, 5.74) is 9.01. The van der Waals surface area contributed by atoms with E-state index in [0.717, 1.165) is 92.4 Å². The maximum Gasteiger partial charge on any atom is 0.133 e. The van der Waals surface area contributed by atoms with E-state index in [4.69, 9.17) is 10.2 Å². The average Bonchev–Trinajstić information content (AvgIpc) is 3.49. The van der Waals surface area contributed by atoms with Gasteiger partial charge in [0.25, 0.3) is 0 Å². The predicted molar refractivity (Wildman–Crippen MR) is 176 cm³/mol. The van der Waals surface area contributed by atoms with Crippen LogP contribution in [0.25, 0.3) is 32.8 Å². The molecule has 0 fully saturated rings. The van der Waals surface area contributed by atoms with Crippen LogP contribution in [0.1, 0.15) is 61.3 Å². The molecule has 222 valence electrons. The minimum atomic E-state index is -0.146. The van der Waals surface area contributed by atoms with Gasteiger partial charge in [-0.05, 0) is 79.0 Å². The van der Waals surface area contributed by atoms with Crippen molar-refractivity contribution in [1.29, 1.82) is 0 Å². The second-order valence-electron chi connectivity index (χ2n) is 10.9. The molecule has 2 N–H and O–H groups in total. The molecule has 0 amide bonds. The first-order chi connectivity index (χ1) is 20.6. The van der Waals surface area contributed by atoms with Gasteiger partial charge in [-0.2, -0.15) is 5.10 Å². The second kappa shape index (κ2) is 13.9. The molecule has 1 aliphatic heterocycles. The van der Waals surface area contributed by atoms with Crippen molar-refractivity contribution in [3.63, 3.8) is 0 Å². The van der Waals surface area contributed by atoms with Crippen LogP contribution >= 0.6 is 11.9 Å². The molecule has 0 atom stereocenters. The number of hydrogen-bond acceptors (Lipinski definition) is 4. The maximum atomic E-state index is 16.0. The molecule has 0 aliphatic carbocycles. The summed E-state index contributed by atoms with van der Waals surface area (Å²) in [6, 6.07) is 19.1. The highest BCUT2D eigenvalue weighted by Gasteiger charge is 2.27. The van der Waals surface area contributed by atoms with Crippen LogP contribution < -0.4 is 4.72 Å². The molecule has 0 unspecified atom stereocenters. The van der Waals surface area contributed by atoms with Gasteiger partial charge in [-0.25, -0.2) is 4.39 Å². The zero-order chi connectivity index (χ0) is 29.6. The number of rotatable bonds is 7. The number of unbranched alkanes of at least 4 members (excludes halogenated alkanes) is 1. The summed E-state index contributed by atoms with van der Waals surface area (Å²) in [4.78, 5) is 0. The van der Waals surface area contributed by atoms with Gasteiger partial charge in [-0.15, -0.1) is 0 Å². The summed E-state index contributed by atoms with van der Waals surface area (Å²) in [7, 11) is 2.99. The Morgan fingerprint density at radius 2 is 1.67 bits per heavy atom. The molecule has 0 spiro atoms. The van der Waals surface area contributed by atoms with Crippen molar-refractivity contribution in [2.24, 2.45) is 7.05 Å². The fourth-order valence-electron chi connectivity index (χ4n) is 6.76. The van der Waals surface area contributed by atoms with Crippen molar-refractivity contribution < 1.29 is 9.50 Å². The van der Waals surface area contributed by atoms with Crippen LogP contribution in [0.5, 0.6) is 0 Å². The van der Waals surface area contributed by atoms with Gasteiger partial charge in [0.15, 0.2) is 0 Å². The fraction of sp³-hybridized carbons (Fsp3) is 0.400. The summed E-state index contributed by atoms with van der Waals surface area (Å²) < 4.78 is 23.9. The lowest BCUT2D eigenvalue weighted by Crippen LogP contribution is -2.08. The Morgan fingerprint density at radius 3 is 2.48 bits per heavy atom. The SMILES string of the molecule is CCc1c2c(nn1C)CNSCCCn1c(CC)c(CCCCc3cccc4ccccc34)c3ccc(F)c-2c31.CO. The van der Waals surface area contributed by atoms with E-state index in [1.54, 1.807) is 18.0 Å². The van der Waals surface area contributed by atoms with Gasteiger partial charge in [0.05, 0.1) is 17.8 Å². The van der Waals surface area contributed by atoms with E-state index >= 15 is 4.39 Å². The van der Waals surface area contributed by atoms with Crippen LogP contribution in [0.3, 0.4) is 0 Å². The minimum Gasteiger partial charge on any atom is -0.400 e. The first-order valence-corrected chi connectivity index (χ1v) is 16.2. The molecular formula is C35H43FN4OS. The van der Waals surface area contributed by atoms with Gasteiger partial charge < -0.3 is 9.67 Å². The van der Waals surface area contributed by atoms with E-state index in [9.17, 15) is 0 Å². The third-order valence-electron chi connectivity index (χ3n) is 8.53. The van der Waals surface area contributed by atoms with Crippen LogP contribution in [0.4, 0.5) is 4.39 Å². The monoisotopic (exact) mass is 586 g/mol. The second-order valence-corrected chi connectivity index (χ2v) is 11.8. The number of aryl methyl sites for hydroxylation is 4. The lowest BCUT2D eigenvalue weighted by Gasteiger charge is -2.14. The number of aliphatic hydroxyl groups is 1. The number of benzene rings is 3. The molecule has 5 aromatic rings. The van der Waals surface area contributed by atoms with E-state index in [-0.39, 0.29) is 5.82 Å². The molecule has 3 aromatic carbocycles. The number of halogens is 1. The van der Waals surface area contributed by atoms with Crippen LogP contribution in [0.15, 0.2) is 54.6 Å². The van der Waals surface area contributed by atoms with E-state index in [2.05, 4.69) is 65.6 Å². The van der Waals surface area contributed by atoms with E-state index in [1.165, 1.54) is 33.0 Å². The Balaban J connectivity index is 0.00000173. The summed E-state index contributed by atoms with van der Waals surface area (Å²) >= 11 is 1.75. The van der Waals surface area contributed by atoms with Gasteiger partial charge in [0.1, 0.15) is 5.82 Å². The number of aliphatic hydroxyl groups excluding tert-OH is 1. The smallest absolute Gasteiger partial charge is 0.133 e. The van der Waals surface area contributed by atoms with E-state index < -0.39 is 0 Å². The molecule has 5 nitrogen and oxygen atoms in total. The van der Waals surface area contributed by atoms with Crippen LogP contribution in [-0.2, 0) is 45.8 Å². The average molecular weight is 587 g/mol. The highest BCUT2D eigenvalue weighted by Crippen LogP contribution is 2.41. The van der Waals surface area contributed by atoms with Crippen molar-refractivity contribution in [1.82, 2.24) is 19.1 Å². The molecule has 1 aliphatic rings. The van der Waals surface area contributed by atoms with Gasteiger partial charge in [-0.3, -0.25) is 9.40 Å². The van der Waals surface area contributed by atoms with Crippen molar-refractivity contribution >= 4 is 33.6 Å². The lowest BCUT2D eigenvalue weighted by molar-refractivity contribution is 0.399. The van der Waals surface area contributed by atoms with Crippen molar-refractivity contribution in [3.8, 4) is 11.1 Å². The van der Waals surface area contributed by atoms with Crippen molar-refractivity contribution in [2.75, 3.05) is 12.9 Å². The fourth-order valence-corrected chi connectivity index (χ4v) is 7.42. The maximum absolute atomic E-state index is 16.0. The summed E-state index contributed by atoms with van der Waals surface area (Å²) in [5.74, 6) is 0.865. The van der Waals surface area contributed by atoms with Crippen LogP contribution in [-0.4, -0.2) is 32.3 Å². The molecule has 3 heterocycles. The van der Waals surface area contributed by atoms with Crippen molar-refractivity contribution in [3.05, 3.63) is 88.6 Å². The Morgan fingerprint density at radius 1 is 0.905 bits per heavy atom. The lowest BCUT2D eigenvalue weighted by atomic mass is 9.95. The standard InChI is InChI=1S/C34H39FN4S.CH4O/c1-4-30-26(17-9-7-13-24-15-10-14-23-12-6-8-16-25(23)24)27-18-19-28(35)32-33-29(37-38(3)31(33)5-2)22-36-40-21-11-20-39(30)34(27)32;1-2/h6,8,10,12,14-16,18-19,36H,4-5,7,9,11,13,17,20-22H2,1-3H3;2H,1H3. The third-order valence-corrected chi connectivity index (χ3v) is 9.37. The molecule has 0 saturated carbocycles. The quantitative estimate of drug-likeness (QED) is 0.151. The Hall–Kier alpha value is -3.13. The molecule has 0 bridgehead atoms. The van der Waals surface area contributed by atoms with E-state index in [1.807, 2.05) is 17.8 Å². The summed E-state index contributed by atoms with van der Waals surface area (Å²) in [6.07, 6.45) is 7.12. The topological polar surface area (TPSA) is 55.0 Å². The number of hydrogen-bond donors (Lipinski definition) is 2.